The van der Waals surface area contributed by atoms with Gasteiger partial charge in [0.05, 0.1) is 0 Å². The van der Waals surface area contributed by atoms with Crippen LogP contribution in [-0.4, -0.2) is 0 Å². The Bertz CT molecular complexity index is 2790. The third-order valence-electron chi connectivity index (χ3n) is 9.75. The number of rotatable bonds is 4. The summed E-state index contributed by atoms with van der Waals surface area (Å²) in [5.41, 5.74) is 10.8. The third kappa shape index (κ3) is 3.64. The summed E-state index contributed by atoms with van der Waals surface area (Å²) in [4.78, 5) is 5.38. The summed E-state index contributed by atoms with van der Waals surface area (Å²) < 4.78 is 0. The van der Waals surface area contributed by atoms with Crippen LogP contribution in [0.1, 0.15) is 19.5 Å². The van der Waals surface area contributed by atoms with Gasteiger partial charge in [-0.25, -0.2) is 0 Å². The maximum Gasteiger partial charge on any atom is 0.00205 e. The first-order valence-electron chi connectivity index (χ1n) is 15.6. The first-order valence-corrected chi connectivity index (χ1v) is 19.1. The van der Waals surface area contributed by atoms with Crippen molar-refractivity contribution in [3.05, 3.63) is 114 Å². The lowest BCUT2D eigenvalue weighted by molar-refractivity contribution is 1.62. The molecule has 0 aliphatic heterocycles. The van der Waals surface area contributed by atoms with Gasteiger partial charge in [0.2, 0.25) is 0 Å². The van der Waals surface area contributed by atoms with E-state index in [2.05, 4.69) is 122 Å². The number of aryl methyl sites for hydroxylation is 4. The minimum absolute atomic E-state index is 1.30. The van der Waals surface area contributed by atoms with Crippen LogP contribution in [0.5, 0.6) is 0 Å². The number of thiophene rings is 4. The van der Waals surface area contributed by atoms with Gasteiger partial charge in [-0.1, -0.05) is 42.5 Å². The highest BCUT2D eigenvalue weighted by atomic mass is 32.1. The molecular formula is C42H28S4. The maximum atomic E-state index is 2.50. The predicted molar refractivity (Wildman–Crippen MR) is 209 cm³/mol. The standard InChI is InChI=1S/C42H28S4/c1-21-12-26(17-43-21)34-31-10-7-11-32-38(31)41(35(34)27-13-22(2)44-18-27)33-16-25-8-5-6-9-30(25)39-36(28-14-23(3)45-19-28)37(40(32)42(33)39)29-15-24(4)46-20-29/h5-20H,1-4H3. The zero-order valence-electron chi connectivity index (χ0n) is 25.9. The van der Waals surface area contributed by atoms with E-state index >= 15 is 0 Å². The van der Waals surface area contributed by atoms with Crippen LogP contribution in [0.3, 0.4) is 0 Å². The molecule has 46 heavy (non-hydrogen) atoms. The van der Waals surface area contributed by atoms with Gasteiger partial charge in [0, 0.05) is 19.5 Å². The fraction of sp³-hybridized carbons (Fsp3) is 0.0952. The van der Waals surface area contributed by atoms with Gasteiger partial charge in [-0.05, 0) is 178 Å². The molecule has 0 radical (unpaired) electrons. The van der Waals surface area contributed by atoms with E-state index in [9.17, 15) is 0 Å². The van der Waals surface area contributed by atoms with Crippen molar-refractivity contribution in [1.29, 1.82) is 0 Å². The predicted octanol–water partition coefficient (Wildman–Crippen LogP) is 14.5. The summed E-state index contributed by atoms with van der Waals surface area (Å²) in [6.45, 7) is 8.92. The van der Waals surface area contributed by atoms with Gasteiger partial charge in [-0.15, -0.1) is 45.3 Å². The maximum absolute atomic E-state index is 2.50. The first kappa shape index (κ1) is 27.1. The highest BCUT2D eigenvalue weighted by molar-refractivity contribution is 7.11. The Morgan fingerprint density at radius 3 is 1.33 bits per heavy atom. The van der Waals surface area contributed by atoms with Crippen molar-refractivity contribution in [2.45, 2.75) is 27.7 Å². The molecule has 4 heterocycles. The second-order valence-corrected chi connectivity index (χ2v) is 17.1. The molecular weight excluding hydrogens is 633 g/mol. The average Bonchev–Trinajstić information content (AvgIpc) is 3.89. The molecule has 0 saturated heterocycles. The molecule has 0 fully saturated rings. The van der Waals surface area contributed by atoms with Crippen LogP contribution in [-0.2, 0) is 0 Å². The van der Waals surface area contributed by atoms with E-state index in [4.69, 9.17) is 0 Å². The van der Waals surface area contributed by atoms with Crippen LogP contribution in [0.4, 0.5) is 0 Å². The summed E-state index contributed by atoms with van der Waals surface area (Å²) >= 11 is 7.40. The van der Waals surface area contributed by atoms with E-state index < -0.39 is 0 Å². The molecule has 4 heteroatoms. The number of hydrogen-bond donors (Lipinski definition) is 0. The molecule has 0 aliphatic rings. The third-order valence-corrected chi connectivity index (χ3v) is 13.2. The molecule has 0 saturated carbocycles. The molecule has 0 bridgehead atoms. The van der Waals surface area contributed by atoms with Crippen molar-refractivity contribution < 1.29 is 0 Å². The van der Waals surface area contributed by atoms with Gasteiger partial charge in [0.15, 0.2) is 0 Å². The number of hydrogen-bond acceptors (Lipinski definition) is 4. The van der Waals surface area contributed by atoms with Crippen molar-refractivity contribution in [3.63, 3.8) is 0 Å². The Morgan fingerprint density at radius 1 is 0.348 bits per heavy atom. The van der Waals surface area contributed by atoms with Crippen molar-refractivity contribution in [1.82, 2.24) is 0 Å². The van der Waals surface area contributed by atoms with E-state index in [1.54, 1.807) is 0 Å². The van der Waals surface area contributed by atoms with E-state index in [0.717, 1.165) is 0 Å². The fourth-order valence-electron chi connectivity index (χ4n) is 8.06. The van der Waals surface area contributed by atoms with E-state index in [1.807, 2.05) is 45.3 Å². The summed E-state index contributed by atoms with van der Waals surface area (Å²) in [6.07, 6.45) is 0. The van der Waals surface area contributed by atoms with E-state index in [-0.39, 0.29) is 0 Å². The normalized spacial score (nSPS) is 12.3. The van der Waals surface area contributed by atoms with Crippen molar-refractivity contribution in [2.75, 3.05) is 0 Å². The molecule has 6 aromatic carbocycles. The molecule has 220 valence electrons. The average molecular weight is 661 g/mol. The molecule has 0 spiro atoms. The highest BCUT2D eigenvalue weighted by Gasteiger charge is 2.30. The molecule has 0 aliphatic carbocycles. The van der Waals surface area contributed by atoms with Gasteiger partial charge in [-0.3, -0.25) is 0 Å². The topological polar surface area (TPSA) is 0 Å². The zero-order valence-corrected chi connectivity index (χ0v) is 29.1. The lowest BCUT2D eigenvalue weighted by Crippen LogP contribution is -1.83. The molecule has 0 unspecified atom stereocenters. The van der Waals surface area contributed by atoms with Crippen LogP contribution < -0.4 is 0 Å². The smallest absolute Gasteiger partial charge is 0.00205 e. The molecule has 0 nitrogen and oxygen atoms in total. The largest absolute Gasteiger partial charge is 0.149 e. The highest BCUT2D eigenvalue weighted by Crippen LogP contribution is 2.58. The first-order chi connectivity index (χ1) is 22.5. The monoisotopic (exact) mass is 660 g/mol. The Morgan fingerprint density at radius 2 is 0.783 bits per heavy atom. The van der Waals surface area contributed by atoms with Crippen LogP contribution >= 0.6 is 45.3 Å². The van der Waals surface area contributed by atoms with Gasteiger partial charge in [0.25, 0.3) is 0 Å². The van der Waals surface area contributed by atoms with Crippen LogP contribution in [0, 0.1) is 27.7 Å². The minimum Gasteiger partial charge on any atom is -0.149 e. The van der Waals surface area contributed by atoms with E-state index in [0.29, 0.717) is 0 Å². The SMILES string of the molecule is Cc1cc(-c2c(-c3csc(C)c3)c3c4cc5ccccc5c5c(-c6csc(C)c6)c(-c6csc(C)c6)c(c6cccc2c63)c45)cs1. The quantitative estimate of drug-likeness (QED) is 0.165. The Labute approximate surface area is 283 Å². The Balaban J connectivity index is 1.55. The molecule has 0 amide bonds. The van der Waals surface area contributed by atoms with Gasteiger partial charge in [0.1, 0.15) is 0 Å². The summed E-state index contributed by atoms with van der Waals surface area (Å²) in [7, 11) is 0. The second kappa shape index (κ2) is 9.73. The van der Waals surface area contributed by atoms with Gasteiger partial charge < -0.3 is 0 Å². The summed E-state index contributed by atoms with van der Waals surface area (Å²) in [5, 5.41) is 23.2. The Hall–Kier alpha value is -4.06. The second-order valence-electron chi connectivity index (χ2n) is 12.7. The molecule has 0 atom stereocenters. The lowest BCUT2D eigenvalue weighted by Gasteiger charge is -2.11. The van der Waals surface area contributed by atoms with Crippen LogP contribution in [0.15, 0.2) is 94.3 Å². The van der Waals surface area contributed by atoms with Gasteiger partial charge in [-0.2, -0.15) is 0 Å². The van der Waals surface area contributed by atoms with Crippen molar-refractivity contribution >= 4 is 99.2 Å². The Kier molecular flexibility index (Phi) is 5.73. The molecule has 4 aromatic heterocycles. The minimum atomic E-state index is 1.30. The molecule has 10 rings (SSSR count). The lowest BCUT2D eigenvalue weighted by atomic mass is 9.91. The van der Waals surface area contributed by atoms with E-state index in [1.165, 1.54) is 118 Å². The molecule has 10 aromatic rings. The van der Waals surface area contributed by atoms with Gasteiger partial charge >= 0.3 is 0 Å². The van der Waals surface area contributed by atoms with Crippen LogP contribution in [0.25, 0.3) is 98.4 Å². The number of fused-ring (bicyclic) bond motifs is 4. The summed E-state index contributed by atoms with van der Waals surface area (Å²) in [5.74, 6) is 0. The number of benzene rings is 4. The summed E-state index contributed by atoms with van der Waals surface area (Å²) in [6, 6.07) is 28.2. The zero-order chi connectivity index (χ0) is 30.8. The van der Waals surface area contributed by atoms with Crippen LogP contribution in [0.2, 0.25) is 0 Å². The molecule has 0 N–H and O–H groups in total. The van der Waals surface area contributed by atoms with Crippen molar-refractivity contribution in [3.8, 4) is 44.5 Å². The van der Waals surface area contributed by atoms with Crippen molar-refractivity contribution in [2.24, 2.45) is 0 Å². The fourth-order valence-corrected chi connectivity index (χ4v) is 10.8.